The Kier molecular flexibility index (Phi) is 7.79. The molecule has 1 heterocycles. The number of ether oxygens (including phenoxy) is 4. The molecular formula is C20H22N2O8. The van der Waals surface area contributed by atoms with Crippen LogP contribution in [0.25, 0.3) is 11.0 Å². The molecule has 0 N–H and O–H groups in total. The molecular weight excluding hydrogens is 396 g/mol. The molecule has 10 nitrogen and oxygen atoms in total. The van der Waals surface area contributed by atoms with Crippen LogP contribution in [0.4, 0.5) is 0 Å². The molecule has 0 spiro atoms. The zero-order chi connectivity index (χ0) is 22.3. The second-order valence-electron chi connectivity index (χ2n) is 6.34. The van der Waals surface area contributed by atoms with Crippen molar-refractivity contribution in [2.75, 3.05) is 6.61 Å². The SMILES string of the molecule is CC(=O)OC[C@H](OC(C)=O)[C@H](OC(C)=O)[C@@H](OC(C)=O)c1cnc2ccccc2n1. The van der Waals surface area contributed by atoms with E-state index in [-0.39, 0.29) is 5.69 Å². The molecule has 0 saturated carbocycles. The van der Waals surface area contributed by atoms with Crippen molar-refractivity contribution in [1.29, 1.82) is 0 Å². The molecule has 3 atom stereocenters. The Morgan fingerprint density at radius 2 is 1.43 bits per heavy atom. The normalized spacial score (nSPS) is 13.6. The van der Waals surface area contributed by atoms with Gasteiger partial charge in [-0.05, 0) is 12.1 Å². The van der Waals surface area contributed by atoms with Gasteiger partial charge in [-0.2, -0.15) is 0 Å². The van der Waals surface area contributed by atoms with Crippen LogP contribution in [0.5, 0.6) is 0 Å². The standard InChI is InChI=1S/C20H22N2O8/c1-11(23)27-10-18(28-12(2)24)20(30-14(4)26)19(29-13(3)25)17-9-21-15-7-5-6-8-16(15)22-17/h5-9,18-20H,10H2,1-4H3/t18-,19-,20-/m0/s1. The van der Waals surface area contributed by atoms with E-state index in [1.165, 1.54) is 20.0 Å². The average Bonchev–Trinajstić information content (AvgIpc) is 2.66. The zero-order valence-electron chi connectivity index (χ0n) is 17.0. The topological polar surface area (TPSA) is 131 Å². The van der Waals surface area contributed by atoms with E-state index in [1.54, 1.807) is 24.3 Å². The summed E-state index contributed by atoms with van der Waals surface area (Å²) in [7, 11) is 0. The highest BCUT2D eigenvalue weighted by Crippen LogP contribution is 2.28. The van der Waals surface area contributed by atoms with Gasteiger partial charge in [-0.3, -0.25) is 24.2 Å². The Labute approximate surface area is 172 Å². The van der Waals surface area contributed by atoms with Gasteiger partial charge in [0.1, 0.15) is 12.3 Å². The lowest BCUT2D eigenvalue weighted by atomic mass is 10.0. The van der Waals surface area contributed by atoms with Crippen molar-refractivity contribution < 1.29 is 38.1 Å². The second kappa shape index (κ2) is 10.3. The van der Waals surface area contributed by atoms with Gasteiger partial charge in [0.05, 0.1) is 17.2 Å². The summed E-state index contributed by atoms with van der Waals surface area (Å²) in [4.78, 5) is 55.1. The van der Waals surface area contributed by atoms with Gasteiger partial charge in [-0.1, -0.05) is 12.1 Å². The zero-order valence-corrected chi connectivity index (χ0v) is 17.0. The van der Waals surface area contributed by atoms with Crippen LogP contribution in [-0.2, 0) is 38.1 Å². The summed E-state index contributed by atoms with van der Waals surface area (Å²) in [5.74, 6) is -2.77. The molecule has 160 valence electrons. The first kappa shape index (κ1) is 22.7. The number of para-hydroxylation sites is 2. The van der Waals surface area contributed by atoms with Crippen LogP contribution >= 0.6 is 0 Å². The van der Waals surface area contributed by atoms with Gasteiger partial charge in [0.2, 0.25) is 0 Å². The lowest BCUT2D eigenvalue weighted by Crippen LogP contribution is -2.43. The average molecular weight is 418 g/mol. The number of hydrogen-bond donors (Lipinski definition) is 0. The van der Waals surface area contributed by atoms with Gasteiger partial charge in [0.15, 0.2) is 18.3 Å². The molecule has 0 amide bonds. The van der Waals surface area contributed by atoms with E-state index in [1.807, 2.05) is 0 Å². The van der Waals surface area contributed by atoms with Crippen LogP contribution < -0.4 is 0 Å². The van der Waals surface area contributed by atoms with Crippen LogP contribution in [0, 0.1) is 0 Å². The van der Waals surface area contributed by atoms with E-state index in [0.717, 1.165) is 13.8 Å². The minimum Gasteiger partial charge on any atom is -0.462 e. The second-order valence-corrected chi connectivity index (χ2v) is 6.34. The smallest absolute Gasteiger partial charge is 0.303 e. The third-order valence-corrected chi connectivity index (χ3v) is 3.79. The van der Waals surface area contributed by atoms with Gasteiger partial charge >= 0.3 is 23.9 Å². The first-order chi connectivity index (χ1) is 14.2. The first-order valence-electron chi connectivity index (χ1n) is 9.04. The van der Waals surface area contributed by atoms with Crippen molar-refractivity contribution in [3.63, 3.8) is 0 Å². The molecule has 1 aromatic carbocycles. The maximum atomic E-state index is 11.8. The third-order valence-electron chi connectivity index (χ3n) is 3.79. The van der Waals surface area contributed by atoms with Crippen molar-refractivity contribution in [1.82, 2.24) is 9.97 Å². The fourth-order valence-corrected chi connectivity index (χ4v) is 2.72. The third kappa shape index (κ3) is 6.50. The lowest BCUT2D eigenvalue weighted by Gasteiger charge is -2.31. The van der Waals surface area contributed by atoms with Gasteiger partial charge in [-0.25, -0.2) is 4.98 Å². The lowest BCUT2D eigenvalue weighted by molar-refractivity contribution is -0.190. The van der Waals surface area contributed by atoms with Crippen LogP contribution in [0.1, 0.15) is 39.5 Å². The molecule has 2 rings (SSSR count). The predicted octanol–water partition coefficient (Wildman–Crippen LogP) is 1.66. The minimum absolute atomic E-state index is 0.162. The molecule has 2 aromatic rings. The summed E-state index contributed by atoms with van der Waals surface area (Å²) in [5, 5.41) is 0. The van der Waals surface area contributed by atoms with Gasteiger partial charge in [0.25, 0.3) is 0 Å². The summed E-state index contributed by atoms with van der Waals surface area (Å²) in [6.45, 7) is 4.19. The monoisotopic (exact) mass is 418 g/mol. The highest BCUT2D eigenvalue weighted by molar-refractivity contribution is 5.74. The number of nitrogens with zero attached hydrogens (tertiary/aromatic N) is 2. The number of aromatic nitrogens is 2. The predicted molar refractivity (Wildman–Crippen MR) is 102 cm³/mol. The molecule has 0 bridgehead atoms. The Hall–Kier alpha value is -3.56. The molecule has 0 radical (unpaired) electrons. The number of fused-ring (bicyclic) bond motifs is 1. The number of carbonyl (C=O) groups excluding carboxylic acids is 4. The quantitative estimate of drug-likeness (QED) is 0.460. The maximum Gasteiger partial charge on any atom is 0.303 e. The highest BCUT2D eigenvalue weighted by Gasteiger charge is 2.40. The highest BCUT2D eigenvalue weighted by atomic mass is 16.6. The van der Waals surface area contributed by atoms with Gasteiger partial charge < -0.3 is 18.9 Å². The maximum absolute atomic E-state index is 11.8. The number of hydrogen-bond acceptors (Lipinski definition) is 10. The van der Waals surface area contributed by atoms with E-state index >= 15 is 0 Å². The molecule has 0 fully saturated rings. The molecule has 0 aliphatic heterocycles. The Morgan fingerprint density at radius 1 is 0.833 bits per heavy atom. The van der Waals surface area contributed by atoms with Crippen LogP contribution in [0.15, 0.2) is 30.5 Å². The van der Waals surface area contributed by atoms with Crippen molar-refractivity contribution >= 4 is 34.9 Å². The first-order valence-corrected chi connectivity index (χ1v) is 9.04. The molecule has 0 unspecified atom stereocenters. The summed E-state index contributed by atoms with van der Waals surface area (Å²) in [6, 6.07) is 7.00. The van der Waals surface area contributed by atoms with E-state index in [9.17, 15) is 19.2 Å². The van der Waals surface area contributed by atoms with Crippen molar-refractivity contribution in [2.24, 2.45) is 0 Å². The van der Waals surface area contributed by atoms with E-state index in [2.05, 4.69) is 9.97 Å². The molecule has 10 heteroatoms. The number of rotatable bonds is 8. The fraction of sp³-hybridized carbons (Fsp3) is 0.400. The van der Waals surface area contributed by atoms with Gasteiger partial charge in [-0.15, -0.1) is 0 Å². The largest absolute Gasteiger partial charge is 0.462 e. The molecule has 0 aliphatic rings. The van der Waals surface area contributed by atoms with Crippen LogP contribution in [0.2, 0.25) is 0 Å². The minimum atomic E-state index is -1.34. The summed E-state index contributed by atoms with van der Waals surface area (Å²) in [6.07, 6.45) is -2.51. The van der Waals surface area contributed by atoms with Crippen molar-refractivity contribution in [3.8, 4) is 0 Å². The molecule has 1 aromatic heterocycles. The van der Waals surface area contributed by atoms with Crippen LogP contribution in [-0.4, -0.2) is 52.7 Å². The molecule has 0 saturated heterocycles. The Balaban J connectivity index is 2.52. The molecule has 0 aliphatic carbocycles. The fourth-order valence-electron chi connectivity index (χ4n) is 2.72. The van der Waals surface area contributed by atoms with Crippen molar-refractivity contribution in [3.05, 3.63) is 36.2 Å². The van der Waals surface area contributed by atoms with E-state index in [0.29, 0.717) is 11.0 Å². The van der Waals surface area contributed by atoms with Gasteiger partial charge in [0, 0.05) is 27.7 Å². The van der Waals surface area contributed by atoms with Crippen molar-refractivity contribution in [2.45, 2.75) is 46.0 Å². The Bertz CT molecular complexity index is 945. The van der Waals surface area contributed by atoms with E-state index < -0.39 is 48.8 Å². The number of carbonyl (C=O) groups is 4. The molecule has 30 heavy (non-hydrogen) atoms. The van der Waals surface area contributed by atoms with Crippen LogP contribution in [0.3, 0.4) is 0 Å². The summed E-state index contributed by atoms with van der Waals surface area (Å²) >= 11 is 0. The summed E-state index contributed by atoms with van der Waals surface area (Å²) in [5.41, 5.74) is 1.27. The Morgan fingerprint density at radius 3 is 2.00 bits per heavy atom. The number of benzene rings is 1. The number of esters is 4. The van der Waals surface area contributed by atoms with E-state index in [4.69, 9.17) is 18.9 Å². The summed E-state index contributed by atoms with van der Waals surface area (Å²) < 4.78 is 20.8.